The maximum atomic E-state index is 8.52. The van der Waals surface area contributed by atoms with Crippen molar-refractivity contribution in [3.8, 4) is 0 Å². The second kappa shape index (κ2) is 6.39. The lowest BCUT2D eigenvalue weighted by molar-refractivity contribution is 0.102. The fourth-order valence-electron chi connectivity index (χ4n) is 1.39. The van der Waals surface area contributed by atoms with E-state index in [4.69, 9.17) is 5.11 Å². The zero-order valence-corrected chi connectivity index (χ0v) is 9.56. The Bertz CT molecular complexity index is 106. The third kappa shape index (κ3) is 11.9. The first-order valence-electron chi connectivity index (χ1n) is 5.33. The molecule has 2 heteroatoms. The van der Waals surface area contributed by atoms with Crippen LogP contribution in [0.25, 0.3) is 0 Å². The molecule has 0 atom stereocenters. The predicted octanol–water partition coefficient (Wildman–Crippen LogP) is 2.32. The molecule has 1 saturated carbocycles. The van der Waals surface area contributed by atoms with Gasteiger partial charge in [0.2, 0.25) is 0 Å². The van der Waals surface area contributed by atoms with Crippen LogP contribution in [0.2, 0.25) is 0 Å². The van der Waals surface area contributed by atoms with Gasteiger partial charge in [-0.15, -0.1) is 0 Å². The van der Waals surface area contributed by atoms with Crippen molar-refractivity contribution in [1.82, 2.24) is 5.32 Å². The normalized spacial score (nSPS) is 19.2. The Morgan fingerprint density at radius 3 is 1.69 bits per heavy atom. The van der Waals surface area contributed by atoms with Gasteiger partial charge in [-0.1, -0.05) is 19.3 Å². The zero-order chi connectivity index (χ0) is 10.3. The van der Waals surface area contributed by atoms with Gasteiger partial charge >= 0.3 is 0 Å². The van der Waals surface area contributed by atoms with Crippen LogP contribution in [-0.4, -0.2) is 23.8 Å². The maximum absolute atomic E-state index is 8.52. The van der Waals surface area contributed by atoms with Gasteiger partial charge in [-0.05, 0) is 40.7 Å². The van der Waals surface area contributed by atoms with Crippen molar-refractivity contribution in [2.45, 2.75) is 64.5 Å². The fraction of sp³-hybridized carbons (Fsp3) is 1.00. The van der Waals surface area contributed by atoms with E-state index in [0.717, 1.165) is 6.04 Å². The van der Waals surface area contributed by atoms with Gasteiger partial charge in [-0.3, -0.25) is 0 Å². The molecule has 0 aromatic carbocycles. The third-order valence-electron chi connectivity index (χ3n) is 2.01. The monoisotopic (exact) mass is 187 g/mol. The molecule has 13 heavy (non-hydrogen) atoms. The van der Waals surface area contributed by atoms with Gasteiger partial charge in [-0.25, -0.2) is 0 Å². The van der Waals surface area contributed by atoms with E-state index in [1.54, 1.807) is 20.8 Å². The lowest BCUT2D eigenvalue weighted by atomic mass is 9.96. The average molecular weight is 187 g/mol. The van der Waals surface area contributed by atoms with E-state index < -0.39 is 5.60 Å². The standard InChI is InChI=1S/C7H15N.C4H10O/c1-8-7-5-3-2-4-6-7;1-4(2,3)5/h7-8H,2-6H2,1H3;5H,1-3H3. The summed E-state index contributed by atoms with van der Waals surface area (Å²) in [4.78, 5) is 0. The second-order valence-corrected chi connectivity index (χ2v) is 4.79. The van der Waals surface area contributed by atoms with Gasteiger partial charge in [0.15, 0.2) is 0 Å². The predicted molar refractivity (Wildman–Crippen MR) is 57.9 cm³/mol. The van der Waals surface area contributed by atoms with Crippen LogP contribution >= 0.6 is 0 Å². The summed E-state index contributed by atoms with van der Waals surface area (Å²) in [5.41, 5.74) is -0.500. The van der Waals surface area contributed by atoms with E-state index in [2.05, 4.69) is 12.4 Å². The summed E-state index contributed by atoms with van der Waals surface area (Å²) in [6.45, 7) is 5.23. The lowest BCUT2D eigenvalue weighted by Gasteiger charge is -2.20. The van der Waals surface area contributed by atoms with Gasteiger partial charge in [-0.2, -0.15) is 0 Å². The van der Waals surface area contributed by atoms with E-state index >= 15 is 0 Å². The van der Waals surface area contributed by atoms with Gasteiger partial charge in [0.1, 0.15) is 0 Å². The molecule has 2 nitrogen and oxygen atoms in total. The van der Waals surface area contributed by atoms with Crippen molar-refractivity contribution in [2.24, 2.45) is 0 Å². The quantitative estimate of drug-likeness (QED) is 0.660. The summed E-state index contributed by atoms with van der Waals surface area (Å²) in [5.74, 6) is 0. The molecule has 1 aliphatic rings. The molecule has 0 aliphatic heterocycles. The molecule has 1 rings (SSSR count). The van der Waals surface area contributed by atoms with Crippen LogP contribution in [0.1, 0.15) is 52.9 Å². The third-order valence-corrected chi connectivity index (χ3v) is 2.01. The van der Waals surface area contributed by atoms with Crippen molar-refractivity contribution >= 4 is 0 Å². The van der Waals surface area contributed by atoms with Gasteiger partial charge < -0.3 is 10.4 Å². The van der Waals surface area contributed by atoms with Crippen LogP contribution in [0, 0.1) is 0 Å². The number of hydrogen-bond donors (Lipinski definition) is 2. The van der Waals surface area contributed by atoms with Crippen molar-refractivity contribution in [1.29, 1.82) is 0 Å². The first kappa shape index (κ1) is 12.9. The first-order valence-corrected chi connectivity index (χ1v) is 5.33. The SMILES string of the molecule is CC(C)(C)O.CNC1CCCCC1. The highest BCUT2D eigenvalue weighted by atomic mass is 16.3. The summed E-state index contributed by atoms with van der Waals surface area (Å²) in [5, 5.41) is 11.8. The Hall–Kier alpha value is -0.0800. The Morgan fingerprint density at radius 2 is 1.46 bits per heavy atom. The van der Waals surface area contributed by atoms with Crippen molar-refractivity contribution < 1.29 is 5.11 Å². The van der Waals surface area contributed by atoms with E-state index in [-0.39, 0.29) is 0 Å². The molecule has 1 aliphatic carbocycles. The molecule has 2 N–H and O–H groups in total. The van der Waals surface area contributed by atoms with Gasteiger partial charge in [0, 0.05) is 6.04 Å². The molecule has 80 valence electrons. The van der Waals surface area contributed by atoms with Crippen LogP contribution in [-0.2, 0) is 0 Å². The fourth-order valence-corrected chi connectivity index (χ4v) is 1.39. The summed E-state index contributed by atoms with van der Waals surface area (Å²) in [6, 6.07) is 0.837. The maximum Gasteiger partial charge on any atom is 0.0563 e. The molecule has 0 aromatic rings. The van der Waals surface area contributed by atoms with Crippen LogP contribution in [0.4, 0.5) is 0 Å². The highest BCUT2D eigenvalue weighted by Crippen LogP contribution is 2.16. The number of nitrogens with one attached hydrogen (secondary N) is 1. The minimum atomic E-state index is -0.500. The van der Waals surface area contributed by atoms with Crippen molar-refractivity contribution in [3.63, 3.8) is 0 Å². The smallest absolute Gasteiger partial charge is 0.0563 e. The number of aliphatic hydroxyl groups is 1. The van der Waals surface area contributed by atoms with Crippen LogP contribution in [0.5, 0.6) is 0 Å². The topological polar surface area (TPSA) is 32.3 Å². The molecule has 0 heterocycles. The van der Waals surface area contributed by atoms with E-state index in [1.807, 2.05) is 0 Å². The zero-order valence-electron chi connectivity index (χ0n) is 9.56. The highest BCUT2D eigenvalue weighted by molar-refractivity contribution is 4.68. The summed E-state index contributed by atoms with van der Waals surface area (Å²) < 4.78 is 0. The summed E-state index contributed by atoms with van der Waals surface area (Å²) in [7, 11) is 2.07. The molecule has 0 bridgehead atoms. The molecule has 0 spiro atoms. The van der Waals surface area contributed by atoms with Crippen LogP contribution in [0.15, 0.2) is 0 Å². The second-order valence-electron chi connectivity index (χ2n) is 4.79. The van der Waals surface area contributed by atoms with Gasteiger partial charge in [0.25, 0.3) is 0 Å². The minimum Gasteiger partial charge on any atom is -0.391 e. The highest BCUT2D eigenvalue weighted by Gasteiger charge is 2.09. The van der Waals surface area contributed by atoms with E-state index in [0.29, 0.717) is 0 Å². The Morgan fingerprint density at radius 1 is 1.08 bits per heavy atom. The van der Waals surface area contributed by atoms with E-state index in [1.165, 1.54) is 32.1 Å². The van der Waals surface area contributed by atoms with Crippen molar-refractivity contribution in [3.05, 3.63) is 0 Å². The number of hydrogen-bond acceptors (Lipinski definition) is 2. The first-order chi connectivity index (χ1) is 5.93. The largest absolute Gasteiger partial charge is 0.391 e. The molecular weight excluding hydrogens is 162 g/mol. The van der Waals surface area contributed by atoms with Gasteiger partial charge in [0.05, 0.1) is 5.60 Å². The minimum absolute atomic E-state index is 0.500. The van der Waals surface area contributed by atoms with Crippen molar-refractivity contribution in [2.75, 3.05) is 7.05 Å². The number of rotatable bonds is 1. The Balaban J connectivity index is 0.000000252. The Kier molecular flexibility index (Phi) is 6.35. The molecule has 0 saturated heterocycles. The lowest BCUT2D eigenvalue weighted by Crippen LogP contribution is -2.26. The van der Waals surface area contributed by atoms with Crippen LogP contribution in [0.3, 0.4) is 0 Å². The van der Waals surface area contributed by atoms with E-state index in [9.17, 15) is 0 Å². The molecular formula is C11H25NO. The van der Waals surface area contributed by atoms with Crippen LogP contribution < -0.4 is 5.32 Å². The molecule has 0 aromatic heterocycles. The summed E-state index contributed by atoms with van der Waals surface area (Å²) >= 11 is 0. The molecule has 1 fully saturated rings. The molecule has 0 amide bonds. The molecule has 0 radical (unpaired) electrons. The average Bonchev–Trinajstić information content (AvgIpc) is 2.03. The Labute approximate surface area is 82.7 Å². The molecule has 0 unspecified atom stereocenters. The summed E-state index contributed by atoms with van der Waals surface area (Å²) in [6.07, 6.45) is 7.13.